The van der Waals surface area contributed by atoms with Gasteiger partial charge < -0.3 is 10.6 Å². The first-order valence-electron chi connectivity index (χ1n) is 3.84. The van der Waals surface area contributed by atoms with Crippen molar-refractivity contribution in [2.24, 2.45) is 5.73 Å². The maximum atomic E-state index is 11.3. The second kappa shape index (κ2) is 3.97. The van der Waals surface area contributed by atoms with E-state index in [1.165, 1.54) is 0 Å². The fraction of sp³-hybridized carbons (Fsp3) is 0.857. The van der Waals surface area contributed by atoms with Crippen molar-refractivity contribution in [3.05, 3.63) is 0 Å². The molecule has 0 aromatic carbocycles. The van der Waals surface area contributed by atoms with E-state index < -0.39 is 0 Å². The third-order valence-corrected chi connectivity index (χ3v) is 2.65. The second-order valence-electron chi connectivity index (χ2n) is 2.73. The average Bonchev–Trinajstić information content (AvgIpc) is 2.05. The summed E-state index contributed by atoms with van der Waals surface area (Å²) >= 11 is 1.89. The SMILES string of the molecule is C[C@@H](N)C(=O)N1CCSCC1. The van der Waals surface area contributed by atoms with Crippen molar-refractivity contribution in [1.29, 1.82) is 0 Å². The van der Waals surface area contributed by atoms with E-state index in [-0.39, 0.29) is 11.9 Å². The van der Waals surface area contributed by atoms with Crippen LogP contribution in [0.4, 0.5) is 0 Å². The van der Waals surface area contributed by atoms with Crippen molar-refractivity contribution >= 4 is 17.7 Å². The van der Waals surface area contributed by atoms with Crippen LogP contribution < -0.4 is 5.73 Å². The van der Waals surface area contributed by atoms with Gasteiger partial charge in [-0.05, 0) is 6.92 Å². The van der Waals surface area contributed by atoms with E-state index in [1.807, 2.05) is 16.7 Å². The van der Waals surface area contributed by atoms with Gasteiger partial charge >= 0.3 is 0 Å². The van der Waals surface area contributed by atoms with Gasteiger partial charge in [-0.1, -0.05) is 0 Å². The van der Waals surface area contributed by atoms with Crippen LogP contribution in [0.3, 0.4) is 0 Å². The van der Waals surface area contributed by atoms with Crippen molar-refractivity contribution in [3.63, 3.8) is 0 Å². The number of hydrogen-bond acceptors (Lipinski definition) is 3. The molecule has 1 heterocycles. The molecule has 0 aromatic heterocycles. The van der Waals surface area contributed by atoms with Crippen LogP contribution in [0.15, 0.2) is 0 Å². The minimum atomic E-state index is -0.335. The number of hydrogen-bond donors (Lipinski definition) is 1. The second-order valence-corrected chi connectivity index (χ2v) is 3.95. The molecule has 0 radical (unpaired) electrons. The predicted molar refractivity (Wildman–Crippen MR) is 47.6 cm³/mol. The van der Waals surface area contributed by atoms with Gasteiger partial charge in [0.05, 0.1) is 6.04 Å². The van der Waals surface area contributed by atoms with Crippen molar-refractivity contribution < 1.29 is 4.79 Å². The molecule has 1 aliphatic rings. The lowest BCUT2D eigenvalue weighted by molar-refractivity contribution is -0.131. The van der Waals surface area contributed by atoms with E-state index in [2.05, 4.69) is 0 Å². The summed E-state index contributed by atoms with van der Waals surface area (Å²) in [6.45, 7) is 3.47. The summed E-state index contributed by atoms with van der Waals surface area (Å²) < 4.78 is 0. The normalized spacial score (nSPS) is 21.5. The van der Waals surface area contributed by atoms with Crippen LogP contribution in [0.5, 0.6) is 0 Å². The van der Waals surface area contributed by atoms with E-state index in [0.717, 1.165) is 24.6 Å². The summed E-state index contributed by atoms with van der Waals surface area (Å²) in [7, 11) is 0. The van der Waals surface area contributed by atoms with E-state index in [1.54, 1.807) is 6.92 Å². The number of carbonyl (C=O) groups excluding carboxylic acids is 1. The number of rotatable bonds is 1. The number of carbonyl (C=O) groups is 1. The van der Waals surface area contributed by atoms with Gasteiger partial charge in [0.2, 0.25) is 5.91 Å². The zero-order valence-corrected chi connectivity index (χ0v) is 7.56. The number of thioether (sulfide) groups is 1. The number of nitrogens with two attached hydrogens (primary N) is 1. The van der Waals surface area contributed by atoms with Crippen LogP contribution in [-0.2, 0) is 4.79 Å². The molecular formula is C7H14N2OS. The van der Waals surface area contributed by atoms with Crippen LogP contribution in [0.2, 0.25) is 0 Å². The molecule has 11 heavy (non-hydrogen) atoms. The molecule has 3 nitrogen and oxygen atoms in total. The first-order chi connectivity index (χ1) is 5.22. The Morgan fingerprint density at radius 3 is 2.55 bits per heavy atom. The highest BCUT2D eigenvalue weighted by Crippen LogP contribution is 2.09. The molecule has 1 saturated heterocycles. The minimum Gasteiger partial charge on any atom is -0.340 e. The van der Waals surface area contributed by atoms with E-state index in [9.17, 15) is 4.79 Å². The molecule has 1 amide bonds. The third-order valence-electron chi connectivity index (χ3n) is 1.71. The Hall–Kier alpha value is -0.220. The standard InChI is InChI=1S/C7H14N2OS/c1-6(8)7(10)9-2-4-11-5-3-9/h6H,2-5,8H2,1H3/t6-/m1/s1. The minimum absolute atomic E-state index is 0.0882. The molecule has 1 atom stereocenters. The summed E-state index contributed by atoms with van der Waals surface area (Å²) in [5.74, 6) is 2.20. The van der Waals surface area contributed by atoms with Gasteiger partial charge in [-0.25, -0.2) is 0 Å². The van der Waals surface area contributed by atoms with Crippen molar-refractivity contribution in [1.82, 2.24) is 4.90 Å². The van der Waals surface area contributed by atoms with Gasteiger partial charge in [-0.15, -0.1) is 0 Å². The molecule has 0 saturated carbocycles. The average molecular weight is 174 g/mol. The molecule has 0 aliphatic carbocycles. The Morgan fingerprint density at radius 1 is 1.55 bits per heavy atom. The van der Waals surface area contributed by atoms with E-state index in [0.29, 0.717) is 0 Å². The highest BCUT2D eigenvalue weighted by Gasteiger charge is 2.18. The summed E-state index contributed by atoms with van der Waals surface area (Å²) in [5.41, 5.74) is 5.47. The van der Waals surface area contributed by atoms with Crippen molar-refractivity contribution in [3.8, 4) is 0 Å². The van der Waals surface area contributed by atoms with Crippen LogP contribution >= 0.6 is 11.8 Å². The molecule has 0 aromatic rings. The molecule has 4 heteroatoms. The molecule has 0 unspecified atom stereocenters. The maximum Gasteiger partial charge on any atom is 0.239 e. The maximum absolute atomic E-state index is 11.3. The van der Waals surface area contributed by atoms with Gasteiger partial charge in [0.15, 0.2) is 0 Å². The summed E-state index contributed by atoms with van der Waals surface area (Å²) in [5, 5.41) is 0. The third kappa shape index (κ3) is 2.38. The zero-order valence-electron chi connectivity index (χ0n) is 6.75. The lowest BCUT2D eigenvalue weighted by Gasteiger charge is -2.27. The van der Waals surface area contributed by atoms with E-state index in [4.69, 9.17) is 5.73 Å². The smallest absolute Gasteiger partial charge is 0.239 e. The molecule has 0 spiro atoms. The fourth-order valence-electron chi connectivity index (χ4n) is 1.07. The van der Waals surface area contributed by atoms with Crippen LogP contribution in [0.1, 0.15) is 6.92 Å². The molecule has 1 aliphatic heterocycles. The summed E-state index contributed by atoms with van der Waals surface area (Å²) in [6, 6.07) is -0.335. The molecule has 0 bridgehead atoms. The van der Waals surface area contributed by atoms with Gasteiger partial charge in [0, 0.05) is 24.6 Å². The predicted octanol–water partition coefficient (Wildman–Crippen LogP) is -0.0910. The fourth-order valence-corrected chi connectivity index (χ4v) is 1.97. The summed E-state index contributed by atoms with van der Waals surface area (Å²) in [4.78, 5) is 13.1. The van der Waals surface area contributed by atoms with Crippen LogP contribution in [0.25, 0.3) is 0 Å². The van der Waals surface area contributed by atoms with Gasteiger partial charge in [-0.3, -0.25) is 4.79 Å². The van der Waals surface area contributed by atoms with Gasteiger partial charge in [0.25, 0.3) is 0 Å². The Balaban J connectivity index is 2.39. The quantitative estimate of drug-likeness (QED) is 0.604. The highest BCUT2D eigenvalue weighted by molar-refractivity contribution is 7.99. The van der Waals surface area contributed by atoms with Gasteiger partial charge in [0.1, 0.15) is 0 Å². The highest BCUT2D eigenvalue weighted by atomic mass is 32.2. The van der Waals surface area contributed by atoms with E-state index >= 15 is 0 Å². The first kappa shape index (κ1) is 8.87. The number of amides is 1. The molecule has 1 fully saturated rings. The topological polar surface area (TPSA) is 46.3 Å². The molecule has 64 valence electrons. The number of nitrogens with zero attached hydrogens (tertiary/aromatic N) is 1. The lowest BCUT2D eigenvalue weighted by Crippen LogP contribution is -2.45. The Labute approximate surface area is 71.3 Å². The largest absolute Gasteiger partial charge is 0.340 e. The molecular weight excluding hydrogens is 160 g/mol. The van der Waals surface area contributed by atoms with Crippen molar-refractivity contribution in [2.45, 2.75) is 13.0 Å². The monoisotopic (exact) mass is 174 g/mol. The van der Waals surface area contributed by atoms with Crippen molar-refractivity contribution in [2.75, 3.05) is 24.6 Å². The van der Waals surface area contributed by atoms with Crippen LogP contribution in [0, 0.1) is 0 Å². The first-order valence-corrected chi connectivity index (χ1v) is 4.99. The zero-order chi connectivity index (χ0) is 8.27. The molecule has 2 N–H and O–H groups in total. The summed E-state index contributed by atoms with van der Waals surface area (Å²) in [6.07, 6.45) is 0. The Bertz CT molecular complexity index is 143. The van der Waals surface area contributed by atoms with Crippen LogP contribution in [-0.4, -0.2) is 41.4 Å². The van der Waals surface area contributed by atoms with Gasteiger partial charge in [-0.2, -0.15) is 11.8 Å². The Kier molecular flexibility index (Phi) is 3.20. The Morgan fingerprint density at radius 2 is 2.09 bits per heavy atom. The lowest BCUT2D eigenvalue weighted by atomic mass is 10.3. The molecule has 1 rings (SSSR count).